The molecular weight excluding hydrogens is 805 g/mol. The smallest absolute Gasteiger partial charge is 0.306 e. The molecule has 0 aliphatic heterocycles. The van der Waals surface area contributed by atoms with Crippen LogP contribution < -0.4 is 0 Å². The first-order valence-electron chi connectivity index (χ1n) is 29.4. The Hall–Kier alpha value is -1.59. The van der Waals surface area contributed by atoms with E-state index < -0.39 is 6.10 Å². The number of unbranched alkanes of at least 4 members (excludes halogenated alkanes) is 41. The molecule has 0 N–H and O–H groups in total. The largest absolute Gasteiger partial charge is 0.462 e. The van der Waals surface area contributed by atoms with Gasteiger partial charge >= 0.3 is 17.9 Å². The molecule has 0 bridgehead atoms. The first-order valence-corrected chi connectivity index (χ1v) is 29.4. The van der Waals surface area contributed by atoms with Gasteiger partial charge in [0.15, 0.2) is 6.10 Å². The van der Waals surface area contributed by atoms with Gasteiger partial charge in [-0.05, 0) is 25.2 Å². The van der Waals surface area contributed by atoms with Crippen molar-refractivity contribution in [2.45, 2.75) is 342 Å². The van der Waals surface area contributed by atoms with Crippen LogP contribution in [0.1, 0.15) is 336 Å². The molecule has 0 heterocycles. The van der Waals surface area contributed by atoms with Crippen molar-refractivity contribution in [2.24, 2.45) is 5.92 Å². The van der Waals surface area contributed by atoms with Crippen molar-refractivity contribution >= 4 is 17.9 Å². The Labute approximate surface area is 406 Å². The van der Waals surface area contributed by atoms with Gasteiger partial charge in [0.1, 0.15) is 13.2 Å². The van der Waals surface area contributed by atoms with Gasteiger partial charge in [-0.1, -0.05) is 297 Å². The summed E-state index contributed by atoms with van der Waals surface area (Å²) in [5, 5.41) is 0. The quantitative estimate of drug-likeness (QED) is 0.0344. The van der Waals surface area contributed by atoms with Crippen molar-refractivity contribution in [3.63, 3.8) is 0 Å². The molecule has 6 heteroatoms. The molecule has 0 aromatic rings. The summed E-state index contributed by atoms with van der Waals surface area (Å²) in [6.45, 7) is 9.07. The van der Waals surface area contributed by atoms with E-state index in [9.17, 15) is 14.4 Å². The number of rotatable bonds is 54. The second-order valence-corrected chi connectivity index (χ2v) is 20.8. The Morgan fingerprint density at radius 1 is 0.292 bits per heavy atom. The Morgan fingerprint density at radius 3 is 0.754 bits per heavy atom. The molecule has 0 saturated carbocycles. The number of carbonyl (C=O) groups excluding carboxylic acids is 3. The van der Waals surface area contributed by atoms with E-state index in [4.69, 9.17) is 14.2 Å². The number of ether oxygens (including phenoxy) is 3. The van der Waals surface area contributed by atoms with Gasteiger partial charge in [-0.25, -0.2) is 0 Å². The van der Waals surface area contributed by atoms with E-state index in [0.29, 0.717) is 19.3 Å². The van der Waals surface area contributed by atoms with Crippen molar-refractivity contribution < 1.29 is 28.6 Å². The minimum Gasteiger partial charge on any atom is -0.462 e. The maximum absolute atomic E-state index is 12.8. The Kier molecular flexibility index (Phi) is 52.1. The second kappa shape index (κ2) is 53.4. The van der Waals surface area contributed by atoms with Crippen LogP contribution in [-0.4, -0.2) is 37.2 Å². The molecule has 0 aliphatic carbocycles. The molecule has 6 nitrogen and oxygen atoms in total. The molecule has 0 aliphatic rings. The van der Waals surface area contributed by atoms with E-state index >= 15 is 0 Å². The number of hydrogen-bond donors (Lipinski definition) is 0. The fourth-order valence-corrected chi connectivity index (χ4v) is 9.10. The molecule has 0 aromatic heterocycles. The molecule has 0 spiro atoms. The third-order valence-corrected chi connectivity index (χ3v) is 13.5. The number of hydrogen-bond acceptors (Lipinski definition) is 6. The minimum atomic E-state index is -0.761. The van der Waals surface area contributed by atoms with Crippen molar-refractivity contribution in [1.82, 2.24) is 0 Å². The topological polar surface area (TPSA) is 78.9 Å². The Morgan fingerprint density at radius 2 is 0.508 bits per heavy atom. The second-order valence-electron chi connectivity index (χ2n) is 20.8. The van der Waals surface area contributed by atoms with E-state index in [1.165, 1.54) is 231 Å². The highest BCUT2D eigenvalue weighted by Gasteiger charge is 2.19. The zero-order valence-electron chi connectivity index (χ0n) is 44.5. The maximum atomic E-state index is 12.8. The highest BCUT2D eigenvalue weighted by atomic mass is 16.6. The Bertz CT molecular complexity index is 980. The fourth-order valence-electron chi connectivity index (χ4n) is 9.10. The first-order chi connectivity index (χ1) is 31.9. The maximum Gasteiger partial charge on any atom is 0.306 e. The molecule has 0 radical (unpaired) electrons. The third-order valence-electron chi connectivity index (χ3n) is 13.5. The molecule has 386 valence electrons. The van der Waals surface area contributed by atoms with Gasteiger partial charge in [0.25, 0.3) is 0 Å². The first kappa shape index (κ1) is 63.4. The summed E-state index contributed by atoms with van der Waals surface area (Å²) in [7, 11) is 0. The lowest BCUT2D eigenvalue weighted by molar-refractivity contribution is -0.167. The fraction of sp³-hybridized carbons (Fsp3) is 0.949. The third kappa shape index (κ3) is 53.2. The van der Waals surface area contributed by atoms with Crippen molar-refractivity contribution in [3.8, 4) is 0 Å². The highest BCUT2D eigenvalue weighted by Crippen LogP contribution is 2.18. The van der Waals surface area contributed by atoms with Gasteiger partial charge in [0.05, 0.1) is 0 Å². The van der Waals surface area contributed by atoms with Gasteiger partial charge < -0.3 is 14.2 Å². The van der Waals surface area contributed by atoms with Crippen LogP contribution in [0.4, 0.5) is 0 Å². The predicted molar refractivity (Wildman–Crippen MR) is 280 cm³/mol. The zero-order chi connectivity index (χ0) is 47.4. The van der Waals surface area contributed by atoms with Crippen LogP contribution in [0.2, 0.25) is 0 Å². The Balaban J connectivity index is 4.28. The van der Waals surface area contributed by atoms with Crippen LogP contribution in [-0.2, 0) is 28.6 Å². The normalized spacial score (nSPS) is 12.0. The van der Waals surface area contributed by atoms with Crippen LogP contribution >= 0.6 is 0 Å². The molecule has 0 saturated heterocycles. The molecule has 0 unspecified atom stereocenters. The average molecular weight is 920 g/mol. The van der Waals surface area contributed by atoms with Crippen molar-refractivity contribution in [3.05, 3.63) is 0 Å². The van der Waals surface area contributed by atoms with Crippen molar-refractivity contribution in [2.75, 3.05) is 13.2 Å². The summed E-state index contributed by atoms with van der Waals surface area (Å²) in [5.74, 6) is 0.0160. The van der Waals surface area contributed by atoms with E-state index in [2.05, 4.69) is 27.7 Å². The standard InChI is InChI=1S/C59H114O6/c1-5-7-9-11-13-15-17-19-22-28-32-36-40-44-48-52-59(62)65-56(53-63-57(60)50-46-42-38-34-30-26-20-18-16-14-12-10-8-6-2)54-64-58(61)51-47-43-39-35-31-27-24-21-23-25-29-33-37-41-45-49-55(3)4/h55-56H,5-54H2,1-4H3/t56-/m0/s1. The summed E-state index contributed by atoms with van der Waals surface area (Å²) in [6, 6.07) is 0. The number of esters is 3. The summed E-state index contributed by atoms with van der Waals surface area (Å²) in [4.78, 5) is 38.1. The predicted octanol–water partition coefficient (Wildman–Crippen LogP) is 19.4. The molecule has 1 atom stereocenters. The summed E-state index contributed by atoms with van der Waals surface area (Å²) in [6.07, 6.45) is 58.0. The molecule has 0 aromatic carbocycles. The number of carbonyl (C=O) groups is 3. The monoisotopic (exact) mass is 919 g/mol. The van der Waals surface area contributed by atoms with Gasteiger partial charge in [0.2, 0.25) is 0 Å². The highest BCUT2D eigenvalue weighted by molar-refractivity contribution is 5.71. The van der Waals surface area contributed by atoms with E-state index in [0.717, 1.165) is 63.7 Å². The molecular formula is C59H114O6. The van der Waals surface area contributed by atoms with Gasteiger partial charge in [0, 0.05) is 19.3 Å². The lowest BCUT2D eigenvalue weighted by Crippen LogP contribution is -2.30. The van der Waals surface area contributed by atoms with E-state index in [1.54, 1.807) is 0 Å². The SMILES string of the molecule is CCCCCCCCCCCCCCCCCC(=O)O[C@@H](COC(=O)CCCCCCCCCCCCCCCC)COC(=O)CCCCCCCCCCCCCCCCCC(C)C. The van der Waals surface area contributed by atoms with Crippen LogP contribution in [0.3, 0.4) is 0 Å². The molecule has 65 heavy (non-hydrogen) atoms. The van der Waals surface area contributed by atoms with Gasteiger partial charge in [-0.2, -0.15) is 0 Å². The van der Waals surface area contributed by atoms with Crippen LogP contribution in [0.15, 0.2) is 0 Å². The van der Waals surface area contributed by atoms with Crippen molar-refractivity contribution in [1.29, 1.82) is 0 Å². The summed E-state index contributed by atoms with van der Waals surface area (Å²) in [5.41, 5.74) is 0. The summed E-state index contributed by atoms with van der Waals surface area (Å²) < 4.78 is 16.9. The minimum absolute atomic E-state index is 0.0616. The molecule has 0 rings (SSSR count). The average Bonchev–Trinajstić information content (AvgIpc) is 3.29. The van der Waals surface area contributed by atoms with E-state index in [1.807, 2.05) is 0 Å². The molecule has 0 amide bonds. The van der Waals surface area contributed by atoms with Crippen LogP contribution in [0.5, 0.6) is 0 Å². The van der Waals surface area contributed by atoms with Crippen LogP contribution in [0, 0.1) is 5.92 Å². The molecule has 0 fully saturated rings. The van der Waals surface area contributed by atoms with E-state index in [-0.39, 0.29) is 31.1 Å². The van der Waals surface area contributed by atoms with Gasteiger partial charge in [-0.15, -0.1) is 0 Å². The lowest BCUT2D eigenvalue weighted by atomic mass is 10.0. The van der Waals surface area contributed by atoms with Crippen LogP contribution in [0.25, 0.3) is 0 Å². The lowest BCUT2D eigenvalue weighted by Gasteiger charge is -2.18. The zero-order valence-corrected chi connectivity index (χ0v) is 44.5. The summed E-state index contributed by atoms with van der Waals surface area (Å²) >= 11 is 0. The van der Waals surface area contributed by atoms with Gasteiger partial charge in [-0.3, -0.25) is 14.4 Å².